The normalized spacial score (nSPS) is 21.7. The SMILES string of the molecule is CCN1Cc2c(cc(C(C)(C)C)cc2[C@@H]2CCCN2)NC1=O. The van der Waals surface area contributed by atoms with E-state index in [9.17, 15) is 4.79 Å². The zero-order valence-electron chi connectivity index (χ0n) is 14.1. The first-order valence-electron chi connectivity index (χ1n) is 8.36. The highest BCUT2D eigenvalue weighted by molar-refractivity contribution is 5.93. The highest BCUT2D eigenvalue weighted by atomic mass is 16.2. The molecule has 2 aliphatic heterocycles. The summed E-state index contributed by atoms with van der Waals surface area (Å²) in [7, 11) is 0. The summed E-state index contributed by atoms with van der Waals surface area (Å²) in [6.07, 6.45) is 2.41. The molecule has 2 heterocycles. The predicted octanol–water partition coefficient (Wildman–Crippen LogP) is 3.78. The number of fused-ring (bicyclic) bond motifs is 1. The number of nitrogens with one attached hydrogen (secondary N) is 2. The molecular weight excluding hydrogens is 274 g/mol. The first-order chi connectivity index (χ1) is 10.4. The van der Waals surface area contributed by atoms with E-state index in [1.165, 1.54) is 29.5 Å². The molecule has 2 aliphatic rings. The van der Waals surface area contributed by atoms with Crippen LogP contribution >= 0.6 is 0 Å². The van der Waals surface area contributed by atoms with Gasteiger partial charge in [-0.05, 0) is 54.5 Å². The molecule has 2 amide bonds. The van der Waals surface area contributed by atoms with Crippen LogP contribution in [-0.2, 0) is 12.0 Å². The number of amides is 2. The van der Waals surface area contributed by atoms with E-state index in [-0.39, 0.29) is 11.4 Å². The van der Waals surface area contributed by atoms with Gasteiger partial charge in [-0.25, -0.2) is 4.79 Å². The van der Waals surface area contributed by atoms with Crippen LogP contribution in [0.4, 0.5) is 10.5 Å². The maximum Gasteiger partial charge on any atom is 0.322 e. The minimum absolute atomic E-state index is 0.0198. The second kappa shape index (κ2) is 5.58. The van der Waals surface area contributed by atoms with Crippen LogP contribution in [0.3, 0.4) is 0 Å². The summed E-state index contributed by atoms with van der Waals surface area (Å²) in [5.41, 5.74) is 5.04. The van der Waals surface area contributed by atoms with Crippen molar-refractivity contribution in [3.8, 4) is 0 Å². The molecule has 0 saturated carbocycles. The lowest BCUT2D eigenvalue weighted by atomic mass is 9.82. The largest absolute Gasteiger partial charge is 0.322 e. The third-order valence-electron chi connectivity index (χ3n) is 4.85. The maximum atomic E-state index is 12.2. The average Bonchev–Trinajstić information content (AvgIpc) is 2.98. The van der Waals surface area contributed by atoms with Gasteiger partial charge in [-0.3, -0.25) is 0 Å². The second-order valence-electron chi connectivity index (χ2n) is 7.43. The Balaban J connectivity index is 2.10. The van der Waals surface area contributed by atoms with Crippen LogP contribution < -0.4 is 10.6 Å². The highest BCUT2D eigenvalue weighted by Gasteiger charge is 2.29. The summed E-state index contributed by atoms with van der Waals surface area (Å²) < 4.78 is 0. The molecular formula is C18H27N3O. The molecule has 1 fully saturated rings. The number of urea groups is 1. The molecule has 1 aromatic rings. The van der Waals surface area contributed by atoms with Crippen molar-refractivity contribution in [2.45, 2.75) is 58.5 Å². The van der Waals surface area contributed by atoms with Crippen molar-refractivity contribution < 1.29 is 4.79 Å². The van der Waals surface area contributed by atoms with Gasteiger partial charge in [0.05, 0.1) is 0 Å². The van der Waals surface area contributed by atoms with Crippen LogP contribution in [0.1, 0.15) is 63.3 Å². The van der Waals surface area contributed by atoms with Gasteiger partial charge in [-0.15, -0.1) is 0 Å². The molecule has 2 N–H and O–H groups in total. The maximum absolute atomic E-state index is 12.2. The van der Waals surface area contributed by atoms with Crippen molar-refractivity contribution in [3.05, 3.63) is 28.8 Å². The number of nitrogens with zero attached hydrogens (tertiary/aromatic N) is 1. The van der Waals surface area contributed by atoms with Gasteiger partial charge in [0.15, 0.2) is 0 Å². The average molecular weight is 301 g/mol. The molecule has 1 aromatic carbocycles. The van der Waals surface area contributed by atoms with Crippen LogP contribution in [0.25, 0.3) is 0 Å². The minimum atomic E-state index is 0.0198. The Labute approximate surface area is 133 Å². The Morgan fingerprint density at radius 2 is 2.09 bits per heavy atom. The number of rotatable bonds is 2. The standard InChI is InChI=1S/C18H27N3O/c1-5-21-11-14-13(15-7-6-8-19-15)9-12(18(2,3)4)10-16(14)20-17(21)22/h9-10,15,19H,5-8,11H2,1-4H3,(H,20,22)/t15-/m0/s1. The molecule has 0 spiro atoms. The lowest BCUT2D eigenvalue weighted by Crippen LogP contribution is -2.39. The smallest absolute Gasteiger partial charge is 0.320 e. The summed E-state index contributed by atoms with van der Waals surface area (Å²) in [5, 5.41) is 6.71. The summed E-state index contributed by atoms with van der Waals surface area (Å²) in [5.74, 6) is 0. The second-order valence-corrected chi connectivity index (χ2v) is 7.43. The predicted molar refractivity (Wildman–Crippen MR) is 90.2 cm³/mol. The topological polar surface area (TPSA) is 44.4 Å². The molecule has 120 valence electrons. The molecule has 0 aliphatic carbocycles. The zero-order chi connectivity index (χ0) is 15.9. The molecule has 0 aromatic heterocycles. The van der Waals surface area contributed by atoms with Crippen LogP contribution in [-0.4, -0.2) is 24.0 Å². The number of benzene rings is 1. The quantitative estimate of drug-likeness (QED) is 0.873. The van der Waals surface area contributed by atoms with Gasteiger partial charge in [0.1, 0.15) is 0 Å². The van der Waals surface area contributed by atoms with E-state index in [1.807, 2.05) is 11.8 Å². The lowest BCUT2D eigenvalue weighted by Gasteiger charge is -2.33. The van der Waals surface area contributed by atoms with Gasteiger partial charge in [0.25, 0.3) is 0 Å². The van der Waals surface area contributed by atoms with Crippen molar-refractivity contribution in [1.29, 1.82) is 0 Å². The van der Waals surface area contributed by atoms with Crippen molar-refractivity contribution in [2.75, 3.05) is 18.4 Å². The zero-order valence-corrected chi connectivity index (χ0v) is 14.1. The molecule has 0 bridgehead atoms. The first kappa shape index (κ1) is 15.3. The van der Waals surface area contributed by atoms with Gasteiger partial charge in [0, 0.05) is 24.8 Å². The van der Waals surface area contributed by atoms with Crippen LogP contribution in [0.2, 0.25) is 0 Å². The van der Waals surface area contributed by atoms with E-state index in [0.29, 0.717) is 6.04 Å². The van der Waals surface area contributed by atoms with Gasteiger partial charge in [-0.1, -0.05) is 26.8 Å². The van der Waals surface area contributed by atoms with Gasteiger partial charge in [0.2, 0.25) is 0 Å². The Bertz CT molecular complexity index is 583. The molecule has 4 nitrogen and oxygen atoms in total. The third-order valence-corrected chi connectivity index (χ3v) is 4.85. The molecule has 0 unspecified atom stereocenters. The van der Waals surface area contributed by atoms with Crippen molar-refractivity contribution >= 4 is 11.7 Å². The van der Waals surface area contributed by atoms with E-state index in [1.54, 1.807) is 0 Å². The Hall–Kier alpha value is -1.55. The molecule has 22 heavy (non-hydrogen) atoms. The van der Waals surface area contributed by atoms with Crippen LogP contribution in [0.5, 0.6) is 0 Å². The number of hydrogen-bond acceptors (Lipinski definition) is 2. The fourth-order valence-electron chi connectivity index (χ4n) is 3.39. The van der Waals surface area contributed by atoms with Crippen molar-refractivity contribution in [1.82, 2.24) is 10.2 Å². The summed E-state index contributed by atoms with van der Waals surface area (Å²) in [6.45, 7) is 11.3. The Morgan fingerprint density at radius 1 is 1.32 bits per heavy atom. The van der Waals surface area contributed by atoms with Gasteiger partial charge >= 0.3 is 6.03 Å². The lowest BCUT2D eigenvalue weighted by molar-refractivity contribution is 0.209. The fourth-order valence-corrected chi connectivity index (χ4v) is 3.39. The number of carbonyl (C=O) groups is 1. The number of anilines is 1. The van der Waals surface area contributed by atoms with Crippen LogP contribution in [0, 0.1) is 0 Å². The van der Waals surface area contributed by atoms with Crippen molar-refractivity contribution in [3.63, 3.8) is 0 Å². The monoisotopic (exact) mass is 301 g/mol. The van der Waals surface area contributed by atoms with Gasteiger partial charge < -0.3 is 15.5 Å². The highest BCUT2D eigenvalue weighted by Crippen LogP contribution is 2.37. The van der Waals surface area contributed by atoms with E-state index in [4.69, 9.17) is 0 Å². The molecule has 3 rings (SSSR count). The van der Waals surface area contributed by atoms with Crippen LogP contribution in [0.15, 0.2) is 12.1 Å². The number of carbonyl (C=O) groups excluding carboxylic acids is 1. The van der Waals surface area contributed by atoms with E-state index in [2.05, 4.69) is 43.5 Å². The molecule has 4 heteroatoms. The van der Waals surface area contributed by atoms with Gasteiger partial charge in [-0.2, -0.15) is 0 Å². The van der Waals surface area contributed by atoms with E-state index >= 15 is 0 Å². The summed E-state index contributed by atoms with van der Waals surface area (Å²) >= 11 is 0. The first-order valence-corrected chi connectivity index (χ1v) is 8.36. The Kier molecular flexibility index (Phi) is 3.89. The molecule has 1 saturated heterocycles. The summed E-state index contributed by atoms with van der Waals surface area (Å²) in [4.78, 5) is 14.1. The van der Waals surface area contributed by atoms with Crippen molar-refractivity contribution in [2.24, 2.45) is 0 Å². The summed E-state index contributed by atoms with van der Waals surface area (Å²) in [6, 6.07) is 4.96. The fraction of sp³-hybridized carbons (Fsp3) is 0.611. The Morgan fingerprint density at radius 3 is 2.68 bits per heavy atom. The van der Waals surface area contributed by atoms with E-state index < -0.39 is 0 Å². The molecule has 0 radical (unpaired) electrons. The number of hydrogen-bond donors (Lipinski definition) is 2. The minimum Gasteiger partial charge on any atom is -0.320 e. The van der Waals surface area contributed by atoms with E-state index in [0.717, 1.165) is 25.3 Å². The third kappa shape index (κ3) is 2.72. The molecule has 1 atom stereocenters.